The van der Waals surface area contributed by atoms with Gasteiger partial charge in [-0.25, -0.2) is 0 Å². The summed E-state index contributed by atoms with van der Waals surface area (Å²) >= 11 is 0. The summed E-state index contributed by atoms with van der Waals surface area (Å²) in [7, 11) is 0. The van der Waals surface area contributed by atoms with Crippen LogP contribution in [0.4, 0.5) is 0 Å². The van der Waals surface area contributed by atoms with Crippen LogP contribution in [0.25, 0.3) is 0 Å². The second-order valence-corrected chi connectivity index (χ2v) is 6.75. The zero-order valence-corrected chi connectivity index (χ0v) is 13.4. The average Bonchev–Trinajstić information content (AvgIpc) is 2.86. The molecule has 3 rings (SSSR count). The van der Waals surface area contributed by atoms with Crippen molar-refractivity contribution < 1.29 is 9.47 Å². The molecule has 3 heteroatoms. The Morgan fingerprint density at radius 3 is 2.76 bits per heavy atom. The molecule has 2 aliphatic heterocycles. The lowest BCUT2D eigenvalue weighted by Gasteiger charge is -2.33. The Hall–Kier alpha value is -1.06. The molecule has 0 radical (unpaired) electrons. The number of para-hydroxylation sites is 1. The SMILES string of the molecule is Cc1cccc(C)c1OCCN1CCC2(CCCOC2)C1. The molecule has 21 heavy (non-hydrogen) atoms. The van der Waals surface area contributed by atoms with Gasteiger partial charge in [-0.3, -0.25) is 4.90 Å². The van der Waals surface area contributed by atoms with E-state index in [4.69, 9.17) is 9.47 Å². The smallest absolute Gasteiger partial charge is 0.125 e. The molecule has 1 aromatic carbocycles. The van der Waals surface area contributed by atoms with Crippen LogP contribution in [0.5, 0.6) is 5.75 Å². The van der Waals surface area contributed by atoms with Crippen LogP contribution in [-0.2, 0) is 4.74 Å². The van der Waals surface area contributed by atoms with Crippen molar-refractivity contribution in [3.63, 3.8) is 0 Å². The summed E-state index contributed by atoms with van der Waals surface area (Å²) in [6.45, 7) is 10.3. The van der Waals surface area contributed by atoms with Crippen molar-refractivity contribution >= 4 is 0 Å². The summed E-state index contributed by atoms with van der Waals surface area (Å²) in [5, 5.41) is 0. The lowest BCUT2D eigenvalue weighted by Crippen LogP contribution is -2.36. The molecule has 0 bridgehead atoms. The third-order valence-corrected chi connectivity index (χ3v) is 4.98. The minimum atomic E-state index is 0.441. The summed E-state index contributed by atoms with van der Waals surface area (Å²) in [5.41, 5.74) is 2.90. The first-order valence-corrected chi connectivity index (χ1v) is 8.18. The third kappa shape index (κ3) is 3.41. The van der Waals surface area contributed by atoms with E-state index in [2.05, 4.69) is 36.9 Å². The van der Waals surface area contributed by atoms with E-state index in [1.54, 1.807) is 0 Å². The molecule has 116 valence electrons. The van der Waals surface area contributed by atoms with E-state index >= 15 is 0 Å². The Labute approximate surface area is 128 Å². The number of aryl methyl sites for hydroxylation is 2. The van der Waals surface area contributed by atoms with Crippen LogP contribution in [-0.4, -0.2) is 44.4 Å². The minimum Gasteiger partial charge on any atom is -0.492 e. The molecule has 0 aromatic heterocycles. The van der Waals surface area contributed by atoms with Crippen LogP contribution in [0.3, 0.4) is 0 Å². The highest BCUT2D eigenvalue weighted by molar-refractivity contribution is 5.39. The summed E-state index contributed by atoms with van der Waals surface area (Å²) in [5.74, 6) is 1.06. The van der Waals surface area contributed by atoms with Gasteiger partial charge in [0.2, 0.25) is 0 Å². The van der Waals surface area contributed by atoms with Crippen LogP contribution < -0.4 is 4.74 Å². The standard InChI is InChI=1S/C18H27NO2/c1-15-5-3-6-16(2)17(15)21-12-10-19-9-8-18(13-19)7-4-11-20-14-18/h3,5-6H,4,7-14H2,1-2H3. The molecular weight excluding hydrogens is 262 g/mol. The third-order valence-electron chi connectivity index (χ3n) is 4.98. The molecule has 2 fully saturated rings. The topological polar surface area (TPSA) is 21.7 Å². The maximum Gasteiger partial charge on any atom is 0.125 e. The van der Waals surface area contributed by atoms with Gasteiger partial charge in [-0.05, 0) is 50.8 Å². The van der Waals surface area contributed by atoms with E-state index in [1.807, 2.05) is 0 Å². The predicted molar refractivity (Wildman–Crippen MR) is 85.0 cm³/mol. The van der Waals surface area contributed by atoms with E-state index in [0.717, 1.165) is 32.1 Å². The monoisotopic (exact) mass is 289 g/mol. The quantitative estimate of drug-likeness (QED) is 0.849. The van der Waals surface area contributed by atoms with Crippen LogP contribution in [0.2, 0.25) is 0 Å². The van der Waals surface area contributed by atoms with Gasteiger partial charge in [0, 0.05) is 25.1 Å². The number of ether oxygens (including phenoxy) is 2. The number of hydrogen-bond acceptors (Lipinski definition) is 3. The summed E-state index contributed by atoms with van der Waals surface area (Å²) in [4.78, 5) is 2.54. The van der Waals surface area contributed by atoms with Gasteiger partial charge in [-0.1, -0.05) is 18.2 Å². The molecule has 0 N–H and O–H groups in total. The maximum atomic E-state index is 6.03. The first-order chi connectivity index (χ1) is 10.2. The molecular formula is C18H27NO2. The van der Waals surface area contributed by atoms with Crippen molar-refractivity contribution in [2.24, 2.45) is 5.41 Å². The summed E-state index contributed by atoms with van der Waals surface area (Å²) < 4.78 is 11.7. The van der Waals surface area contributed by atoms with E-state index < -0.39 is 0 Å². The molecule has 2 saturated heterocycles. The van der Waals surface area contributed by atoms with Crippen molar-refractivity contribution in [3.8, 4) is 5.75 Å². The average molecular weight is 289 g/mol. The molecule has 2 aliphatic rings. The first kappa shape index (κ1) is 14.9. The Morgan fingerprint density at radius 2 is 2.05 bits per heavy atom. The number of likely N-dealkylation sites (tertiary alicyclic amines) is 1. The number of rotatable bonds is 4. The van der Waals surface area contributed by atoms with Crippen molar-refractivity contribution in [1.29, 1.82) is 0 Å². The van der Waals surface area contributed by atoms with Crippen molar-refractivity contribution in [1.82, 2.24) is 4.90 Å². The van der Waals surface area contributed by atoms with Crippen molar-refractivity contribution in [3.05, 3.63) is 29.3 Å². The molecule has 1 unspecified atom stereocenters. The van der Waals surface area contributed by atoms with E-state index in [0.29, 0.717) is 5.41 Å². The highest BCUT2D eigenvalue weighted by Gasteiger charge is 2.39. The maximum absolute atomic E-state index is 6.03. The van der Waals surface area contributed by atoms with Crippen LogP contribution in [0.15, 0.2) is 18.2 Å². The van der Waals surface area contributed by atoms with Gasteiger partial charge in [-0.2, -0.15) is 0 Å². The number of hydrogen-bond donors (Lipinski definition) is 0. The van der Waals surface area contributed by atoms with E-state index in [-0.39, 0.29) is 0 Å². The van der Waals surface area contributed by atoms with Crippen LogP contribution in [0.1, 0.15) is 30.4 Å². The van der Waals surface area contributed by atoms with Crippen LogP contribution in [0, 0.1) is 19.3 Å². The number of nitrogens with zero attached hydrogens (tertiary/aromatic N) is 1. The molecule has 1 aromatic rings. The Morgan fingerprint density at radius 1 is 1.24 bits per heavy atom. The van der Waals surface area contributed by atoms with Gasteiger partial charge in [0.05, 0.1) is 6.61 Å². The van der Waals surface area contributed by atoms with Crippen LogP contribution >= 0.6 is 0 Å². The fourth-order valence-corrected chi connectivity index (χ4v) is 3.75. The molecule has 3 nitrogen and oxygen atoms in total. The lowest BCUT2D eigenvalue weighted by atomic mass is 9.82. The highest BCUT2D eigenvalue weighted by Crippen LogP contribution is 2.37. The fourth-order valence-electron chi connectivity index (χ4n) is 3.75. The summed E-state index contributed by atoms with van der Waals surface area (Å²) in [6, 6.07) is 6.32. The normalized spacial score (nSPS) is 26.4. The van der Waals surface area contributed by atoms with E-state index in [9.17, 15) is 0 Å². The van der Waals surface area contributed by atoms with Gasteiger partial charge in [0.15, 0.2) is 0 Å². The van der Waals surface area contributed by atoms with Gasteiger partial charge in [0.1, 0.15) is 12.4 Å². The minimum absolute atomic E-state index is 0.441. The lowest BCUT2D eigenvalue weighted by molar-refractivity contribution is -0.00256. The Bertz CT molecular complexity index is 460. The molecule has 1 spiro atoms. The molecule has 0 saturated carbocycles. The number of benzene rings is 1. The first-order valence-electron chi connectivity index (χ1n) is 8.18. The largest absolute Gasteiger partial charge is 0.492 e. The van der Waals surface area contributed by atoms with Gasteiger partial charge in [-0.15, -0.1) is 0 Å². The second kappa shape index (κ2) is 6.37. The van der Waals surface area contributed by atoms with Gasteiger partial charge in [0.25, 0.3) is 0 Å². The predicted octanol–water partition coefficient (Wildman–Crippen LogP) is 3.18. The van der Waals surface area contributed by atoms with Gasteiger partial charge >= 0.3 is 0 Å². The molecule has 1 atom stereocenters. The van der Waals surface area contributed by atoms with E-state index in [1.165, 1.54) is 43.5 Å². The zero-order chi connectivity index (χ0) is 14.7. The summed E-state index contributed by atoms with van der Waals surface area (Å²) in [6.07, 6.45) is 3.85. The Kier molecular flexibility index (Phi) is 4.51. The molecule has 0 aliphatic carbocycles. The highest BCUT2D eigenvalue weighted by atomic mass is 16.5. The molecule has 0 amide bonds. The fraction of sp³-hybridized carbons (Fsp3) is 0.667. The Balaban J connectivity index is 1.48. The van der Waals surface area contributed by atoms with Crippen molar-refractivity contribution in [2.45, 2.75) is 33.1 Å². The zero-order valence-electron chi connectivity index (χ0n) is 13.4. The second-order valence-electron chi connectivity index (χ2n) is 6.75. The van der Waals surface area contributed by atoms with Gasteiger partial charge < -0.3 is 9.47 Å². The van der Waals surface area contributed by atoms with Crippen molar-refractivity contribution in [2.75, 3.05) is 39.5 Å². The molecule has 2 heterocycles.